The number of nitrogens with two attached hydrogens (primary N) is 1. The Morgan fingerprint density at radius 2 is 2.19 bits per heavy atom. The van der Waals surface area contributed by atoms with Crippen molar-refractivity contribution in [1.82, 2.24) is 9.97 Å². The maximum Gasteiger partial charge on any atom is 0.117 e. The number of aromatic nitrogens is 2. The van der Waals surface area contributed by atoms with Gasteiger partial charge in [0.05, 0.1) is 24.0 Å². The molecule has 0 amide bonds. The first kappa shape index (κ1) is 9.86. The van der Waals surface area contributed by atoms with E-state index in [4.69, 9.17) is 10.5 Å². The molecule has 0 bridgehead atoms. The molecule has 1 saturated heterocycles. The van der Waals surface area contributed by atoms with Gasteiger partial charge in [-0.3, -0.25) is 0 Å². The maximum atomic E-state index is 5.78. The number of anilines is 1. The molecule has 0 atom stereocenters. The Kier molecular flexibility index (Phi) is 2.41. The molecule has 2 N–H and O–H groups in total. The van der Waals surface area contributed by atoms with Crippen molar-refractivity contribution in [2.75, 3.05) is 18.9 Å². The molecule has 16 heavy (non-hydrogen) atoms. The van der Waals surface area contributed by atoms with Gasteiger partial charge in [0.25, 0.3) is 0 Å². The number of thioether (sulfide) groups is 1. The third-order valence-electron chi connectivity index (χ3n) is 2.51. The van der Waals surface area contributed by atoms with Gasteiger partial charge >= 0.3 is 0 Å². The lowest BCUT2D eigenvalue weighted by atomic mass is 10.2. The first-order chi connectivity index (χ1) is 7.83. The van der Waals surface area contributed by atoms with Gasteiger partial charge in [0.1, 0.15) is 11.4 Å². The fourth-order valence-corrected chi connectivity index (χ4v) is 2.63. The molecule has 0 aliphatic carbocycles. The Morgan fingerprint density at radius 1 is 1.31 bits per heavy atom. The quantitative estimate of drug-likeness (QED) is 0.632. The predicted octanol–water partition coefficient (Wildman–Crippen LogP) is 1.70. The zero-order valence-electron chi connectivity index (χ0n) is 8.59. The molecule has 3 rings (SSSR count). The van der Waals surface area contributed by atoms with Crippen molar-refractivity contribution in [3.8, 4) is 0 Å². The van der Waals surface area contributed by atoms with E-state index in [1.165, 1.54) is 0 Å². The fraction of sp³-hybridized carbons (Fsp3) is 0.273. The summed E-state index contributed by atoms with van der Waals surface area (Å²) in [4.78, 5) is 8.53. The Labute approximate surface area is 97.2 Å². The minimum atomic E-state index is 0.513. The van der Waals surface area contributed by atoms with E-state index in [9.17, 15) is 0 Å². The van der Waals surface area contributed by atoms with Crippen molar-refractivity contribution in [3.63, 3.8) is 0 Å². The lowest BCUT2D eigenvalue weighted by Gasteiger charge is -2.24. The molecule has 1 aliphatic rings. The van der Waals surface area contributed by atoms with Crippen molar-refractivity contribution in [1.29, 1.82) is 0 Å². The van der Waals surface area contributed by atoms with Crippen LogP contribution in [0.3, 0.4) is 0 Å². The first-order valence-electron chi connectivity index (χ1n) is 5.07. The van der Waals surface area contributed by atoms with E-state index in [0.29, 0.717) is 5.25 Å². The summed E-state index contributed by atoms with van der Waals surface area (Å²) in [5.74, 6) is 0. The van der Waals surface area contributed by atoms with Gasteiger partial charge in [-0.05, 0) is 18.2 Å². The van der Waals surface area contributed by atoms with Crippen LogP contribution in [0.5, 0.6) is 0 Å². The molecule has 4 nitrogen and oxygen atoms in total. The third kappa shape index (κ3) is 1.72. The van der Waals surface area contributed by atoms with Crippen molar-refractivity contribution >= 4 is 28.4 Å². The number of nitrogens with zero attached hydrogens (tertiary/aromatic N) is 2. The molecule has 1 aliphatic heterocycles. The number of hydrogen-bond acceptors (Lipinski definition) is 5. The summed E-state index contributed by atoms with van der Waals surface area (Å²) in [5, 5.41) is 2.53. The standard InChI is InChI=1S/C11H11N3OS/c12-7-1-2-10-9(3-7)11(14-6-13-10)16-8-4-15-5-8/h1-3,6,8H,4-5,12H2. The molecule has 2 aromatic rings. The smallest absolute Gasteiger partial charge is 0.117 e. The summed E-state index contributed by atoms with van der Waals surface area (Å²) in [6, 6.07) is 5.71. The fourth-order valence-electron chi connectivity index (χ4n) is 1.58. The van der Waals surface area contributed by atoms with Crippen LogP contribution in [0.25, 0.3) is 10.9 Å². The Balaban J connectivity index is 2.04. The number of fused-ring (bicyclic) bond motifs is 1. The highest BCUT2D eigenvalue weighted by molar-refractivity contribution is 8.00. The van der Waals surface area contributed by atoms with E-state index >= 15 is 0 Å². The van der Waals surface area contributed by atoms with Crippen LogP contribution >= 0.6 is 11.8 Å². The molecule has 0 spiro atoms. The number of ether oxygens (including phenoxy) is 1. The lowest BCUT2D eigenvalue weighted by Crippen LogP contribution is -2.30. The number of nitrogen functional groups attached to an aromatic ring is 1. The minimum Gasteiger partial charge on any atom is -0.399 e. The molecule has 0 saturated carbocycles. The van der Waals surface area contributed by atoms with Gasteiger partial charge in [-0.1, -0.05) is 11.8 Å². The van der Waals surface area contributed by atoms with Gasteiger partial charge in [0, 0.05) is 11.1 Å². The van der Waals surface area contributed by atoms with Gasteiger partial charge in [0.15, 0.2) is 0 Å². The maximum absolute atomic E-state index is 5.78. The van der Waals surface area contributed by atoms with Crippen LogP contribution in [0.1, 0.15) is 0 Å². The average molecular weight is 233 g/mol. The average Bonchev–Trinajstić information content (AvgIpc) is 2.23. The van der Waals surface area contributed by atoms with Gasteiger partial charge < -0.3 is 10.5 Å². The second-order valence-corrected chi connectivity index (χ2v) is 5.02. The zero-order chi connectivity index (χ0) is 11.0. The van der Waals surface area contributed by atoms with E-state index in [1.54, 1.807) is 18.1 Å². The van der Waals surface area contributed by atoms with Crippen molar-refractivity contribution in [2.45, 2.75) is 10.3 Å². The summed E-state index contributed by atoms with van der Waals surface area (Å²) in [5.41, 5.74) is 7.46. The molecule has 0 unspecified atom stereocenters. The van der Waals surface area contributed by atoms with Crippen LogP contribution in [0.4, 0.5) is 5.69 Å². The van der Waals surface area contributed by atoms with Crippen LogP contribution in [0.2, 0.25) is 0 Å². The van der Waals surface area contributed by atoms with E-state index in [0.717, 1.165) is 34.8 Å². The van der Waals surface area contributed by atoms with Crippen LogP contribution < -0.4 is 5.73 Å². The van der Waals surface area contributed by atoms with E-state index in [1.807, 2.05) is 18.2 Å². The second-order valence-electron chi connectivity index (χ2n) is 3.73. The van der Waals surface area contributed by atoms with E-state index < -0.39 is 0 Å². The molecule has 82 valence electrons. The number of hydrogen-bond donors (Lipinski definition) is 1. The topological polar surface area (TPSA) is 61.0 Å². The van der Waals surface area contributed by atoms with Crippen LogP contribution in [0.15, 0.2) is 29.6 Å². The summed E-state index contributed by atoms with van der Waals surface area (Å²) in [7, 11) is 0. The summed E-state index contributed by atoms with van der Waals surface area (Å²) < 4.78 is 5.15. The SMILES string of the molecule is Nc1ccc2ncnc(SC3COC3)c2c1. The summed E-state index contributed by atoms with van der Waals surface area (Å²) in [6.07, 6.45) is 1.60. The first-order valence-corrected chi connectivity index (χ1v) is 5.95. The van der Waals surface area contributed by atoms with Crippen LogP contribution in [-0.2, 0) is 4.74 Å². The van der Waals surface area contributed by atoms with Crippen molar-refractivity contribution in [3.05, 3.63) is 24.5 Å². The molecule has 1 aromatic heterocycles. The Morgan fingerprint density at radius 3 is 2.94 bits per heavy atom. The van der Waals surface area contributed by atoms with Gasteiger partial charge in [-0.25, -0.2) is 9.97 Å². The van der Waals surface area contributed by atoms with Crippen molar-refractivity contribution < 1.29 is 4.74 Å². The molecule has 1 aromatic carbocycles. The largest absolute Gasteiger partial charge is 0.399 e. The third-order valence-corrected chi connectivity index (χ3v) is 3.66. The lowest BCUT2D eigenvalue weighted by molar-refractivity contribution is 0.0455. The van der Waals surface area contributed by atoms with Gasteiger partial charge in [-0.15, -0.1) is 0 Å². The zero-order valence-corrected chi connectivity index (χ0v) is 9.41. The Hall–Kier alpha value is -1.33. The molecular weight excluding hydrogens is 222 g/mol. The molecule has 2 heterocycles. The van der Waals surface area contributed by atoms with Crippen LogP contribution in [-0.4, -0.2) is 28.4 Å². The summed E-state index contributed by atoms with van der Waals surface area (Å²) >= 11 is 1.74. The Bertz CT molecular complexity index is 528. The molecular formula is C11H11N3OS. The van der Waals surface area contributed by atoms with Gasteiger partial charge in [-0.2, -0.15) is 0 Å². The van der Waals surface area contributed by atoms with Crippen molar-refractivity contribution in [2.24, 2.45) is 0 Å². The summed E-state index contributed by atoms with van der Waals surface area (Å²) in [6.45, 7) is 1.61. The molecule has 5 heteroatoms. The van der Waals surface area contributed by atoms with Gasteiger partial charge in [0.2, 0.25) is 0 Å². The number of benzene rings is 1. The van der Waals surface area contributed by atoms with E-state index in [2.05, 4.69) is 9.97 Å². The highest BCUT2D eigenvalue weighted by Gasteiger charge is 2.21. The predicted molar refractivity (Wildman–Crippen MR) is 64.4 cm³/mol. The number of rotatable bonds is 2. The normalized spacial score (nSPS) is 16.2. The highest BCUT2D eigenvalue weighted by atomic mass is 32.2. The van der Waals surface area contributed by atoms with Crippen LogP contribution in [0, 0.1) is 0 Å². The highest BCUT2D eigenvalue weighted by Crippen LogP contribution is 2.31. The molecule has 0 radical (unpaired) electrons. The van der Waals surface area contributed by atoms with E-state index in [-0.39, 0.29) is 0 Å². The minimum absolute atomic E-state index is 0.513. The second kappa shape index (κ2) is 3.92. The molecule has 1 fully saturated rings. The monoisotopic (exact) mass is 233 g/mol.